The highest BCUT2D eigenvalue weighted by Gasteiger charge is 2.50. The molecule has 0 amide bonds. The van der Waals surface area contributed by atoms with Gasteiger partial charge in [-0.1, -0.05) is 35.9 Å². The van der Waals surface area contributed by atoms with E-state index in [9.17, 15) is 9.90 Å². The van der Waals surface area contributed by atoms with Crippen molar-refractivity contribution in [1.29, 1.82) is 0 Å². The van der Waals surface area contributed by atoms with E-state index in [1.165, 1.54) is 0 Å². The summed E-state index contributed by atoms with van der Waals surface area (Å²) in [6.07, 6.45) is 0.760. The Balaban J connectivity index is 1.72. The molecule has 0 unspecified atom stereocenters. The summed E-state index contributed by atoms with van der Waals surface area (Å²) >= 11 is 6.45. The second-order valence-electron chi connectivity index (χ2n) is 8.00. The van der Waals surface area contributed by atoms with Crippen molar-refractivity contribution in [3.05, 3.63) is 64.2 Å². The zero-order valence-corrected chi connectivity index (χ0v) is 16.4. The predicted molar refractivity (Wildman–Crippen MR) is 104 cm³/mol. The van der Waals surface area contributed by atoms with Crippen LogP contribution in [0, 0.1) is 5.92 Å². The fourth-order valence-corrected chi connectivity index (χ4v) is 4.73. The molecule has 0 saturated carbocycles. The van der Waals surface area contributed by atoms with Crippen molar-refractivity contribution in [1.82, 2.24) is 0 Å². The zero-order valence-electron chi connectivity index (χ0n) is 15.6. The molecule has 5 heteroatoms. The summed E-state index contributed by atoms with van der Waals surface area (Å²) in [6, 6.07) is 13.0. The van der Waals surface area contributed by atoms with Crippen LogP contribution in [0.25, 0.3) is 0 Å². The quantitative estimate of drug-likeness (QED) is 0.744. The fraction of sp³-hybridized carbons (Fsp3) is 0.409. The van der Waals surface area contributed by atoms with E-state index >= 15 is 0 Å². The lowest BCUT2D eigenvalue weighted by Crippen LogP contribution is -2.50. The molecule has 27 heavy (non-hydrogen) atoms. The van der Waals surface area contributed by atoms with Crippen molar-refractivity contribution in [2.24, 2.45) is 5.92 Å². The molecule has 0 bridgehead atoms. The van der Waals surface area contributed by atoms with Crippen molar-refractivity contribution in [2.45, 2.75) is 50.9 Å². The number of benzene rings is 2. The summed E-state index contributed by atoms with van der Waals surface area (Å²) < 4.78 is 12.7. The SMILES string of the molecule is C[C@@H]1O[C@@H]2c3ccc(C(=O)O)cc3OC(C)(C)[C@H]2C[C@@H]1c1ccccc1Cl. The third kappa shape index (κ3) is 3.11. The van der Waals surface area contributed by atoms with E-state index in [1.54, 1.807) is 12.1 Å². The van der Waals surface area contributed by atoms with Gasteiger partial charge in [-0.2, -0.15) is 0 Å². The molecule has 142 valence electrons. The van der Waals surface area contributed by atoms with Crippen molar-refractivity contribution in [3.63, 3.8) is 0 Å². The molecule has 1 saturated heterocycles. The second-order valence-corrected chi connectivity index (χ2v) is 8.40. The van der Waals surface area contributed by atoms with Crippen LogP contribution < -0.4 is 4.74 Å². The standard InChI is InChI=1S/C22H23ClO4/c1-12-16(14-6-4-5-7-18(14)23)11-17-20(26-12)15-9-8-13(21(24)25)10-19(15)27-22(17,2)3/h4-10,12,16-17,20H,11H2,1-3H3,(H,24,25)/t12-,16-,17-,20+/m0/s1. The highest BCUT2D eigenvalue weighted by atomic mass is 35.5. The van der Waals surface area contributed by atoms with Gasteiger partial charge in [0.1, 0.15) is 11.4 Å². The Morgan fingerprint density at radius 3 is 2.63 bits per heavy atom. The van der Waals surface area contributed by atoms with Gasteiger partial charge in [0.2, 0.25) is 0 Å². The van der Waals surface area contributed by atoms with Crippen molar-refractivity contribution >= 4 is 17.6 Å². The third-order valence-electron chi connectivity index (χ3n) is 5.94. The van der Waals surface area contributed by atoms with Crippen LogP contribution in [-0.2, 0) is 4.74 Å². The highest BCUT2D eigenvalue weighted by Crippen LogP contribution is 2.54. The number of aromatic carboxylic acids is 1. The van der Waals surface area contributed by atoms with Gasteiger partial charge in [0.05, 0.1) is 17.8 Å². The lowest BCUT2D eigenvalue weighted by Gasteiger charge is -2.50. The molecule has 2 aromatic rings. The normalized spacial score (nSPS) is 28.6. The van der Waals surface area contributed by atoms with Crippen LogP contribution in [0.1, 0.15) is 60.7 Å². The average molecular weight is 387 g/mol. The van der Waals surface area contributed by atoms with Crippen LogP contribution in [0.4, 0.5) is 0 Å². The summed E-state index contributed by atoms with van der Waals surface area (Å²) in [5.74, 6) is -0.0385. The molecule has 4 nitrogen and oxygen atoms in total. The summed E-state index contributed by atoms with van der Waals surface area (Å²) in [7, 11) is 0. The molecule has 2 aliphatic heterocycles. The van der Waals surface area contributed by atoms with Crippen LogP contribution in [0.5, 0.6) is 5.75 Å². The Kier molecular flexibility index (Phi) is 4.44. The number of carboxylic acid groups (broad SMARTS) is 1. The van der Waals surface area contributed by atoms with E-state index < -0.39 is 11.6 Å². The van der Waals surface area contributed by atoms with Gasteiger partial charge in [-0.3, -0.25) is 0 Å². The molecule has 1 N–H and O–H groups in total. The topological polar surface area (TPSA) is 55.8 Å². The summed E-state index contributed by atoms with van der Waals surface area (Å²) in [5.41, 5.74) is 1.77. The Hall–Kier alpha value is -2.04. The summed E-state index contributed by atoms with van der Waals surface area (Å²) in [4.78, 5) is 11.3. The number of fused-ring (bicyclic) bond motifs is 3. The molecule has 2 heterocycles. The van der Waals surface area contributed by atoms with Crippen LogP contribution in [-0.4, -0.2) is 22.8 Å². The maximum Gasteiger partial charge on any atom is 0.335 e. The fourth-order valence-electron chi connectivity index (χ4n) is 4.45. The van der Waals surface area contributed by atoms with Gasteiger partial charge in [-0.05, 0) is 51.0 Å². The zero-order chi connectivity index (χ0) is 19.3. The van der Waals surface area contributed by atoms with Crippen LogP contribution >= 0.6 is 11.6 Å². The van der Waals surface area contributed by atoms with Gasteiger partial charge in [-0.15, -0.1) is 0 Å². The number of carbonyl (C=O) groups is 1. The van der Waals surface area contributed by atoms with Gasteiger partial charge in [0.15, 0.2) is 0 Å². The Labute approximate surface area is 164 Å². The van der Waals surface area contributed by atoms with E-state index in [4.69, 9.17) is 21.1 Å². The lowest BCUT2D eigenvalue weighted by molar-refractivity contribution is -0.153. The molecular weight excluding hydrogens is 364 g/mol. The van der Waals surface area contributed by atoms with E-state index in [-0.39, 0.29) is 29.6 Å². The molecule has 4 rings (SSSR count). The monoisotopic (exact) mass is 386 g/mol. The van der Waals surface area contributed by atoms with Gasteiger partial charge in [0, 0.05) is 22.4 Å². The van der Waals surface area contributed by atoms with Gasteiger partial charge >= 0.3 is 5.97 Å². The summed E-state index contributed by atoms with van der Waals surface area (Å²) in [5, 5.41) is 10.0. The van der Waals surface area contributed by atoms with Gasteiger partial charge in [-0.25, -0.2) is 4.79 Å². The van der Waals surface area contributed by atoms with Crippen LogP contribution in [0.3, 0.4) is 0 Å². The van der Waals surface area contributed by atoms with Crippen molar-refractivity contribution in [3.8, 4) is 5.75 Å². The van der Waals surface area contributed by atoms with Crippen molar-refractivity contribution in [2.75, 3.05) is 0 Å². The predicted octanol–water partition coefficient (Wildman–Crippen LogP) is 5.46. The first-order chi connectivity index (χ1) is 12.8. The molecule has 0 aliphatic carbocycles. The number of hydrogen-bond acceptors (Lipinski definition) is 3. The number of halogens is 1. The molecule has 2 aromatic carbocycles. The molecule has 4 atom stereocenters. The highest BCUT2D eigenvalue weighted by molar-refractivity contribution is 6.31. The van der Waals surface area contributed by atoms with Crippen molar-refractivity contribution < 1.29 is 19.4 Å². The Morgan fingerprint density at radius 1 is 1.19 bits per heavy atom. The average Bonchev–Trinajstić information content (AvgIpc) is 2.61. The Morgan fingerprint density at radius 2 is 1.93 bits per heavy atom. The largest absolute Gasteiger partial charge is 0.487 e. The van der Waals surface area contributed by atoms with Gasteiger partial charge in [0.25, 0.3) is 0 Å². The number of rotatable bonds is 2. The first kappa shape index (κ1) is 18.3. The smallest absolute Gasteiger partial charge is 0.335 e. The molecule has 0 aromatic heterocycles. The minimum Gasteiger partial charge on any atom is -0.487 e. The van der Waals surface area contributed by atoms with E-state index in [0.29, 0.717) is 5.75 Å². The maximum absolute atomic E-state index is 11.3. The number of hydrogen-bond donors (Lipinski definition) is 1. The first-order valence-electron chi connectivity index (χ1n) is 9.24. The molecular formula is C22H23ClO4. The van der Waals surface area contributed by atoms with Gasteiger partial charge < -0.3 is 14.6 Å². The molecule has 1 fully saturated rings. The second kappa shape index (κ2) is 6.54. The number of ether oxygens (including phenoxy) is 2. The molecule has 2 aliphatic rings. The minimum atomic E-state index is -0.960. The first-order valence-corrected chi connectivity index (χ1v) is 9.62. The number of carboxylic acids is 1. The molecule has 0 spiro atoms. The third-order valence-corrected chi connectivity index (χ3v) is 6.28. The lowest BCUT2D eigenvalue weighted by atomic mass is 9.70. The van der Waals surface area contributed by atoms with E-state index in [2.05, 4.69) is 13.0 Å². The summed E-state index contributed by atoms with van der Waals surface area (Å²) in [6.45, 7) is 6.17. The molecule has 0 radical (unpaired) electrons. The van der Waals surface area contributed by atoms with E-state index in [1.807, 2.05) is 38.1 Å². The van der Waals surface area contributed by atoms with E-state index in [0.717, 1.165) is 22.6 Å². The maximum atomic E-state index is 11.3. The Bertz CT molecular complexity index is 892. The van der Waals surface area contributed by atoms with Crippen LogP contribution in [0.2, 0.25) is 5.02 Å². The van der Waals surface area contributed by atoms with Crippen LogP contribution in [0.15, 0.2) is 42.5 Å². The minimum absolute atomic E-state index is 0.00736.